The van der Waals surface area contributed by atoms with Gasteiger partial charge in [-0.15, -0.1) is 11.3 Å². The zero-order chi connectivity index (χ0) is 15.6. The van der Waals surface area contributed by atoms with Crippen molar-refractivity contribution in [1.29, 1.82) is 0 Å². The molecular formula is C12H11FN2O4S2. The Hall–Kier alpha value is -1.97. The molecule has 0 aliphatic heterocycles. The second kappa shape index (κ2) is 5.80. The van der Waals surface area contributed by atoms with Crippen molar-refractivity contribution in [2.75, 3.05) is 12.4 Å². The first-order chi connectivity index (χ1) is 9.81. The predicted molar refractivity (Wildman–Crippen MR) is 76.6 cm³/mol. The van der Waals surface area contributed by atoms with Gasteiger partial charge in [0, 0.05) is 5.69 Å². The summed E-state index contributed by atoms with van der Waals surface area (Å²) < 4.78 is 40.9. The molecule has 112 valence electrons. The molecule has 0 spiro atoms. The lowest BCUT2D eigenvalue weighted by Crippen LogP contribution is -2.15. The van der Waals surface area contributed by atoms with E-state index in [4.69, 9.17) is 9.88 Å². The van der Waals surface area contributed by atoms with Gasteiger partial charge in [-0.3, -0.25) is 4.79 Å². The molecule has 1 heterocycles. The van der Waals surface area contributed by atoms with Gasteiger partial charge in [-0.25, -0.2) is 17.9 Å². The molecule has 0 saturated carbocycles. The summed E-state index contributed by atoms with van der Waals surface area (Å²) in [5, 5.41) is 9.01. The molecule has 6 nitrogen and oxygen atoms in total. The number of anilines is 1. The summed E-state index contributed by atoms with van der Waals surface area (Å²) in [4.78, 5) is 11.9. The van der Waals surface area contributed by atoms with Gasteiger partial charge in [0.05, 0.1) is 12.0 Å². The Morgan fingerprint density at radius 1 is 1.38 bits per heavy atom. The third kappa shape index (κ3) is 3.57. The normalized spacial score (nSPS) is 11.2. The van der Waals surface area contributed by atoms with Gasteiger partial charge in [-0.05, 0) is 29.6 Å². The van der Waals surface area contributed by atoms with Crippen LogP contribution >= 0.6 is 11.3 Å². The van der Waals surface area contributed by atoms with Crippen molar-refractivity contribution in [2.45, 2.75) is 4.90 Å². The molecule has 9 heteroatoms. The van der Waals surface area contributed by atoms with E-state index in [1.807, 2.05) is 0 Å². The molecule has 0 atom stereocenters. The second-order valence-corrected chi connectivity index (χ2v) is 6.47. The maximum absolute atomic E-state index is 13.4. The Morgan fingerprint density at radius 2 is 2.10 bits per heavy atom. The fourth-order valence-electron chi connectivity index (χ4n) is 1.61. The Bertz CT molecular complexity index is 786. The van der Waals surface area contributed by atoms with Crippen LogP contribution in [0.1, 0.15) is 9.67 Å². The Labute approximate surface area is 124 Å². The molecular weight excluding hydrogens is 319 g/mol. The molecule has 2 rings (SSSR count). The summed E-state index contributed by atoms with van der Waals surface area (Å²) >= 11 is 1.14. The van der Waals surface area contributed by atoms with Crippen LogP contribution in [0.15, 0.2) is 34.5 Å². The van der Waals surface area contributed by atoms with Crippen LogP contribution in [-0.4, -0.2) is 21.4 Å². The third-order valence-corrected chi connectivity index (χ3v) is 4.30. The van der Waals surface area contributed by atoms with Gasteiger partial charge in [0.15, 0.2) is 0 Å². The number of carbonyl (C=O) groups is 1. The van der Waals surface area contributed by atoms with Crippen LogP contribution in [0, 0.1) is 5.82 Å². The van der Waals surface area contributed by atoms with Gasteiger partial charge in [0.1, 0.15) is 16.4 Å². The van der Waals surface area contributed by atoms with E-state index in [1.54, 1.807) is 11.4 Å². The molecule has 3 N–H and O–H groups in total. The van der Waals surface area contributed by atoms with Crippen molar-refractivity contribution < 1.29 is 22.3 Å². The number of halogens is 1. The number of amides is 1. The summed E-state index contributed by atoms with van der Waals surface area (Å²) in [6, 6.07) is 4.46. The number of thiophene rings is 1. The number of nitrogens with one attached hydrogen (secondary N) is 1. The highest BCUT2D eigenvalue weighted by molar-refractivity contribution is 7.89. The molecule has 0 aliphatic rings. The smallest absolute Gasteiger partial charge is 0.269 e. The van der Waals surface area contributed by atoms with Crippen LogP contribution in [0.4, 0.5) is 10.1 Å². The molecule has 1 aromatic carbocycles. The molecule has 0 radical (unpaired) electrons. The molecule has 1 amide bonds. The minimum Gasteiger partial charge on any atom is -0.495 e. The van der Waals surface area contributed by atoms with Gasteiger partial charge < -0.3 is 10.1 Å². The van der Waals surface area contributed by atoms with Crippen LogP contribution in [0.2, 0.25) is 0 Å². The Balaban J connectivity index is 2.32. The van der Waals surface area contributed by atoms with E-state index in [0.717, 1.165) is 29.5 Å². The number of sulfonamides is 1. The predicted octanol–water partition coefficient (Wildman–Crippen LogP) is 1.80. The molecule has 0 unspecified atom stereocenters. The number of nitrogens with two attached hydrogens (primary N) is 1. The largest absolute Gasteiger partial charge is 0.495 e. The van der Waals surface area contributed by atoms with Gasteiger partial charge in [-0.1, -0.05) is 0 Å². The van der Waals surface area contributed by atoms with Crippen molar-refractivity contribution in [2.24, 2.45) is 5.14 Å². The van der Waals surface area contributed by atoms with E-state index >= 15 is 0 Å². The monoisotopic (exact) mass is 330 g/mol. The molecule has 0 aliphatic carbocycles. The number of primary sulfonamides is 1. The van der Waals surface area contributed by atoms with E-state index in [-0.39, 0.29) is 5.69 Å². The molecule has 0 bridgehead atoms. The van der Waals surface area contributed by atoms with Crippen LogP contribution < -0.4 is 15.2 Å². The van der Waals surface area contributed by atoms with Gasteiger partial charge >= 0.3 is 0 Å². The SMILES string of the molecule is COc1ccsc1C(=O)Nc1cc(F)cc(S(N)(=O)=O)c1. The number of ether oxygens (including phenoxy) is 1. The maximum atomic E-state index is 13.4. The van der Waals surface area contributed by atoms with E-state index in [1.165, 1.54) is 7.11 Å². The van der Waals surface area contributed by atoms with Crippen molar-refractivity contribution in [3.05, 3.63) is 40.3 Å². The number of hydrogen-bond donors (Lipinski definition) is 2. The first-order valence-electron chi connectivity index (χ1n) is 5.57. The van der Waals surface area contributed by atoms with E-state index in [0.29, 0.717) is 10.6 Å². The van der Waals surface area contributed by atoms with Gasteiger partial charge in [0.2, 0.25) is 10.0 Å². The number of hydrogen-bond acceptors (Lipinski definition) is 5. The first-order valence-corrected chi connectivity index (χ1v) is 8.00. The highest BCUT2D eigenvalue weighted by Gasteiger charge is 2.16. The lowest BCUT2D eigenvalue weighted by molar-refractivity contribution is 0.102. The molecule has 0 fully saturated rings. The van der Waals surface area contributed by atoms with Gasteiger partial charge in [0.25, 0.3) is 5.91 Å². The average Bonchev–Trinajstić information content (AvgIpc) is 2.85. The average molecular weight is 330 g/mol. The van der Waals surface area contributed by atoms with Gasteiger partial charge in [-0.2, -0.15) is 0 Å². The van der Waals surface area contributed by atoms with Crippen LogP contribution in [0.25, 0.3) is 0 Å². The van der Waals surface area contributed by atoms with E-state index < -0.39 is 26.6 Å². The van der Waals surface area contributed by atoms with Crippen molar-refractivity contribution >= 4 is 33.0 Å². The van der Waals surface area contributed by atoms with Crippen LogP contribution in [0.3, 0.4) is 0 Å². The molecule has 1 aromatic heterocycles. The third-order valence-electron chi connectivity index (χ3n) is 2.51. The van der Waals surface area contributed by atoms with Crippen molar-refractivity contribution in [1.82, 2.24) is 0 Å². The highest BCUT2D eigenvalue weighted by atomic mass is 32.2. The van der Waals surface area contributed by atoms with Crippen LogP contribution in [0.5, 0.6) is 5.75 Å². The zero-order valence-electron chi connectivity index (χ0n) is 10.8. The van der Waals surface area contributed by atoms with Crippen molar-refractivity contribution in [3.8, 4) is 5.75 Å². The molecule has 2 aromatic rings. The quantitative estimate of drug-likeness (QED) is 0.893. The summed E-state index contributed by atoms with van der Waals surface area (Å²) in [5.74, 6) is -0.983. The fourth-order valence-corrected chi connectivity index (χ4v) is 2.93. The van der Waals surface area contributed by atoms with Crippen molar-refractivity contribution in [3.63, 3.8) is 0 Å². The summed E-state index contributed by atoms with van der Waals surface area (Å²) in [6.45, 7) is 0. The minimum absolute atomic E-state index is 0.0144. The number of methoxy groups -OCH3 is 1. The zero-order valence-corrected chi connectivity index (χ0v) is 12.4. The highest BCUT2D eigenvalue weighted by Crippen LogP contribution is 2.26. The Kier molecular flexibility index (Phi) is 4.26. The molecule has 0 saturated heterocycles. The van der Waals surface area contributed by atoms with E-state index in [9.17, 15) is 17.6 Å². The molecule has 21 heavy (non-hydrogen) atoms. The number of carbonyl (C=O) groups excluding carboxylic acids is 1. The summed E-state index contributed by atoms with van der Waals surface area (Å²) in [7, 11) is -2.65. The van der Waals surface area contributed by atoms with E-state index in [2.05, 4.69) is 5.32 Å². The fraction of sp³-hybridized carbons (Fsp3) is 0.0833. The topological polar surface area (TPSA) is 98.5 Å². The minimum atomic E-state index is -4.06. The lowest BCUT2D eigenvalue weighted by Gasteiger charge is -2.07. The second-order valence-electron chi connectivity index (χ2n) is 3.99. The van der Waals surface area contributed by atoms with Crippen LogP contribution in [-0.2, 0) is 10.0 Å². The summed E-state index contributed by atoms with van der Waals surface area (Å²) in [6.07, 6.45) is 0. The number of rotatable bonds is 4. The first kappa shape index (κ1) is 15.4. The Morgan fingerprint density at radius 3 is 2.71 bits per heavy atom. The summed E-state index contributed by atoms with van der Waals surface area (Å²) in [5.41, 5.74) is -0.0144. The maximum Gasteiger partial charge on any atom is 0.269 e. The standard InChI is InChI=1S/C12H11FN2O4S2/c1-19-10-2-3-20-11(10)12(16)15-8-4-7(13)5-9(6-8)21(14,17)18/h2-6H,1H3,(H,15,16)(H2,14,17,18). The number of benzene rings is 1. The lowest BCUT2D eigenvalue weighted by atomic mass is 10.3.